The summed E-state index contributed by atoms with van der Waals surface area (Å²) in [7, 11) is 0. The molecule has 0 aliphatic heterocycles. The average molecular weight is 717 g/mol. The Morgan fingerprint density at radius 2 is 0.929 bits per heavy atom. The van der Waals surface area contributed by atoms with Crippen LogP contribution in [0.25, 0.3) is 50.9 Å². The molecule has 0 saturated heterocycles. The Hall–Kier alpha value is -7.17. The van der Waals surface area contributed by atoms with Crippen LogP contribution in [0.5, 0.6) is 0 Å². The van der Waals surface area contributed by atoms with Gasteiger partial charge in [-0.05, 0) is 99.8 Å². The van der Waals surface area contributed by atoms with Crippen LogP contribution in [-0.4, -0.2) is 15.0 Å². The fraction of sp³-hybridized carbons (Fsp3) is 0.0577. The third-order valence-corrected chi connectivity index (χ3v) is 11.6. The standard InChI is InChI=1S/C52H36N4/c1-5-17-35(18-6-1)49-53-50(36-19-7-2-8-20-36)55-51(54-49)37-29-31-43-44-32-30-40(56(38-21-9-3-10-22-38)39-23-11-4-12-24-39)34-48(44)52(47(43)33-37)45-27-15-13-25-41(45)42-26-14-16-28-46(42)52/h1-15,17-27,29-34H,16,28H2. The molecule has 3 aliphatic rings. The van der Waals surface area contributed by atoms with E-state index in [0.29, 0.717) is 17.5 Å². The molecule has 0 fully saturated rings. The lowest BCUT2D eigenvalue weighted by molar-refractivity contribution is 0.714. The zero-order valence-electron chi connectivity index (χ0n) is 30.7. The summed E-state index contributed by atoms with van der Waals surface area (Å²) in [6, 6.07) is 64.8. The number of benzene rings is 7. The Bertz CT molecular complexity index is 2750. The molecule has 11 rings (SSSR count). The first-order chi connectivity index (χ1) is 27.8. The van der Waals surface area contributed by atoms with Crippen molar-refractivity contribution in [2.45, 2.75) is 18.3 Å². The number of allylic oxidation sites excluding steroid dienone is 4. The van der Waals surface area contributed by atoms with Crippen molar-refractivity contribution >= 4 is 22.6 Å². The number of rotatable bonds is 6. The van der Waals surface area contributed by atoms with E-state index in [0.717, 1.165) is 46.6 Å². The molecular formula is C52H36N4. The molecule has 0 amide bonds. The molecule has 1 aromatic heterocycles. The number of fused-ring (bicyclic) bond motifs is 9. The molecule has 0 radical (unpaired) electrons. The molecule has 0 bridgehead atoms. The van der Waals surface area contributed by atoms with Crippen molar-refractivity contribution in [2.24, 2.45) is 0 Å². The number of aromatic nitrogens is 3. The van der Waals surface area contributed by atoms with Crippen LogP contribution in [0.4, 0.5) is 17.1 Å². The second-order valence-electron chi connectivity index (χ2n) is 14.7. The van der Waals surface area contributed by atoms with Crippen LogP contribution < -0.4 is 4.90 Å². The molecule has 4 heteroatoms. The quantitative estimate of drug-likeness (QED) is 0.172. The topological polar surface area (TPSA) is 41.9 Å². The van der Waals surface area contributed by atoms with Crippen LogP contribution in [0.2, 0.25) is 0 Å². The summed E-state index contributed by atoms with van der Waals surface area (Å²) in [5, 5.41) is 0. The van der Waals surface area contributed by atoms with Gasteiger partial charge in [-0.1, -0.05) is 152 Å². The first-order valence-electron chi connectivity index (χ1n) is 19.3. The van der Waals surface area contributed by atoms with Crippen LogP contribution in [0.3, 0.4) is 0 Å². The van der Waals surface area contributed by atoms with Gasteiger partial charge in [0.15, 0.2) is 17.5 Å². The Labute approximate surface area is 326 Å². The van der Waals surface area contributed by atoms with E-state index in [1.54, 1.807) is 0 Å². The highest BCUT2D eigenvalue weighted by atomic mass is 15.1. The van der Waals surface area contributed by atoms with Crippen LogP contribution >= 0.6 is 0 Å². The van der Waals surface area contributed by atoms with E-state index in [1.165, 1.54) is 44.5 Å². The van der Waals surface area contributed by atoms with Crippen molar-refractivity contribution < 1.29 is 0 Å². The molecule has 1 unspecified atom stereocenters. The fourth-order valence-electron chi connectivity index (χ4n) is 9.26. The zero-order chi connectivity index (χ0) is 37.1. The minimum Gasteiger partial charge on any atom is -0.310 e. The van der Waals surface area contributed by atoms with E-state index >= 15 is 0 Å². The number of hydrogen-bond acceptors (Lipinski definition) is 4. The molecule has 4 nitrogen and oxygen atoms in total. The summed E-state index contributed by atoms with van der Waals surface area (Å²) in [4.78, 5) is 17.7. The second-order valence-corrected chi connectivity index (χ2v) is 14.7. The SMILES string of the molecule is C1=CC2=C(CC1)C1(c3ccccc32)c2cc(-c3nc(-c4ccccc4)nc(-c4ccccc4)n3)ccc2-c2ccc(N(c3ccccc3)c3ccccc3)cc21. The van der Waals surface area contributed by atoms with Crippen molar-refractivity contribution in [3.8, 4) is 45.3 Å². The van der Waals surface area contributed by atoms with Gasteiger partial charge in [0.1, 0.15) is 0 Å². The fourth-order valence-corrected chi connectivity index (χ4v) is 9.26. The maximum absolute atomic E-state index is 5.17. The van der Waals surface area contributed by atoms with Gasteiger partial charge in [0, 0.05) is 33.8 Å². The van der Waals surface area contributed by atoms with E-state index in [2.05, 4.69) is 163 Å². The highest BCUT2D eigenvalue weighted by molar-refractivity contribution is 5.98. The third-order valence-electron chi connectivity index (χ3n) is 11.6. The molecule has 0 saturated carbocycles. The Balaban J connectivity index is 1.16. The minimum absolute atomic E-state index is 0.482. The summed E-state index contributed by atoms with van der Waals surface area (Å²) < 4.78 is 0. The van der Waals surface area contributed by atoms with E-state index in [4.69, 9.17) is 15.0 Å². The minimum atomic E-state index is -0.482. The molecule has 0 N–H and O–H groups in total. The van der Waals surface area contributed by atoms with Gasteiger partial charge in [-0.3, -0.25) is 0 Å². The van der Waals surface area contributed by atoms with Crippen LogP contribution in [0, 0.1) is 0 Å². The van der Waals surface area contributed by atoms with Crippen molar-refractivity contribution in [2.75, 3.05) is 4.90 Å². The molecule has 56 heavy (non-hydrogen) atoms. The van der Waals surface area contributed by atoms with E-state index < -0.39 is 5.41 Å². The summed E-state index contributed by atoms with van der Waals surface area (Å²) in [5.41, 5.74) is 16.4. The van der Waals surface area contributed by atoms with Crippen LogP contribution in [-0.2, 0) is 5.41 Å². The Kier molecular flexibility index (Phi) is 7.49. The molecule has 264 valence electrons. The lowest BCUT2D eigenvalue weighted by atomic mass is 9.68. The van der Waals surface area contributed by atoms with Crippen molar-refractivity contribution in [3.05, 3.63) is 222 Å². The van der Waals surface area contributed by atoms with E-state index in [1.807, 2.05) is 36.4 Å². The van der Waals surface area contributed by atoms with Gasteiger partial charge < -0.3 is 4.90 Å². The smallest absolute Gasteiger partial charge is 0.164 e. The predicted octanol–water partition coefficient (Wildman–Crippen LogP) is 12.8. The van der Waals surface area contributed by atoms with Gasteiger partial charge >= 0.3 is 0 Å². The zero-order valence-corrected chi connectivity index (χ0v) is 30.7. The molecule has 1 heterocycles. The molecule has 3 aliphatic carbocycles. The van der Waals surface area contributed by atoms with Crippen LogP contribution in [0.15, 0.2) is 200 Å². The summed E-state index contributed by atoms with van der Waals surface area (Å²) in [6.07, 6.45) is 6.69. The van der Waals surface area contributed by atoms with Gasteiger partial charge in [-0.15, -0.1) is 0 Å². The Morgan fingerprint density at radius 3 is 1.55 bits per heavy atom. The maximum atomic E-state index is 5.17. The molecule has 1 spiro atoms. The lowest BCUT2D eigenvalue weighted by Gasteiger charge is -2.34. The second kappa shape index (κ2) is 13.0. The highest BCUT2D eigenvalue weighted by Gasteiger charge is 2.53. The number of nitrogens with zero attached hydrogens (tertiary/aromatic N) is 4. The third kappa shape index (κ3) is 4.96. The van der Waals surface area contributed by atoms with Gasteiger partial charge in [-0.2, -0.15) is 0 Å². The monoisotopic (exact) mass is 716 g/mol. The van der Waals surface area contributed by atoms with Crippen molar-refractivity contribution in [1.82, 2.24) is 15.0 Å². The lowest BCUT2D eigenvalue weighted by Crippen LogP contribution is -2.28. The Morgan fingerprint density at radius 1 is 0.411 bits per heavy atom. The van der Waals surface area contributed by atoms with Crippen molar-refractivity contribution in [3.63, 3.8) is 0 Å². The maximum Gasteiger partial charge on any atom is 0.164 e. The molecule has 7 aromatic carbocycles. The van der Waals surface area contributed by atoms with Gasteiger partial charge in [0.25, 0.3) is 0 Å². The molecule has 8 aromatic rings. The van der Waals surface area contributed by atoms with E-state index in [9.17, 15) is 0 Å². The number of para-hydroxylation sites is 2. The number of anilines is 3. The number of hydrogen-bond donors (Lipinski definition) is 0. The summed E-state index contributed by atoms with van der Waals surface area (Å²) >= 11 is 0. The average Bonchev–Trinajstić information content (AvgIpc) is 3.74. The molecular weight excluding hydrogens is 681 g/mol. The summed E-state index contributed by atoms with van der Waals surface area (Å²) in [6.45, 7) is 0. The van der Waals surface area contributed by atoms with Gasteiger partial charge in [0.2, 0.25) is 0 Å². The summed E-state index contributed by atoms with van der Waals surface area (Å²) in [5.74, 6) is 1.98. The predicted molar refractivity (Wildman–Crippen MR) is 228 cm³/mol. The first kappa shape index (κ1) is 32.3. The van der Waals surface area contributed by atoms with E-state index in [-0.39, 0.29) is 0 Å². The molecule has 1 atom stereocenters. The van der Waals surface area contributed by atoms with Gasteiger partial charge in [-0.25, -0.2) is 15.0 Å². The largest absolute Gasteiger partial charge is 0.310 e. The van der Waals surface area contributed by atoms with Crippen molar-refractivity contribution in [1.29, 1.82) is 0 Å². The van der Waals surface area contributed by atoms with Gasteiger partial charge in [0.05, 0.1) is 5.41 Å². The normalized spacial score (nSPS) is 16.0. The first-order valence-corrected chi connectivity index (χ1v) is 19.3. The highest BCUT2D eigenvalue weighted by Crippen LogP contribution is 2.64. The van der Waals surface area contributed by atoms with Crippen LogP contribution in [0.1, 0.15) is 35.1 Å².